The molecular weight excluding hydrogens is 1330 g/mol. The second-order valence-corrected chi connectivity index (χ2v) is 33.1. The number of aliphatic imine (C=N–C) groups is 2. The summed E-state index contributed by atoms with van der Waals surface area (Å²) in [6.07, 6.45) is -15.4. The number of nitrogens with zero attached hydrogens (tertiary/aromatic N) is 4. The molecule has 0 aliphatic carbocycles. The first-order chi connectivity index (χ1) is 47.2. The summed E-state index contributed by atoms with van der Waals surface area (Å²) in [5, 5.41) is 92.2. The minimum absolute atomic E-state index is 0.0948. The van der Waals surface area contributed by atoms with Crippen LogP contribution in [0, 0.1) is 35.5 Å². The van der Waals surface area contributed by atoms with Crippen molar-refractivity contribution in [3.63, 3.8) is 0 Å². The van der Waals surface area contributed by atoms with Gasteiger partial charge >= 0.3 is 11.9 Å². The van der Waals surface area contributed by atoms with Gasteiger partial charge in [-0.3, -0.25) is 19.6 Å². The number of esters is 2. The quantitative estimate of drug-likeness (QED) is 0.108. The van der Waals surface area contributed by atoms with E-state index in [1.54, 1.807) is 69.2 Å². The molecule has 8 heterocycles. The number of rotatable bonds is 14. The highest BCUT2D eigenvalue weighted by Gasteiger charge is 2.60. The fraction of sp³-hybridized carbons (Fsp3) is 0.946. The SMILES string of the molecule is CC[C@H]1OC(=O)[C@H](C)[C@@H](O[C@H]2C[C@@](C)(OC)[C@@H](O)[C@H](C)O2)[C@H](C)[C@@H](O[C@@H]2O[C@H](C)C[C@H](N(C)C)[C@H]2O)[C@@]2(C)C[C@@H](C)N=C(O2)[C@H](C)[C@@H](O)[C@]1(C)O.CC[C@H]1OC(=O)[C@H](C)[C@@H](O[C@H]2C[C@@](C)(OC)[C@@H](O)[C@H](C)O2)[C@H](C)[C@@H](O[C@@H]2O[C@H](C)C[C@H](N(C)C)[C@H]2O)[C@](C)(O)C[C@@H](C)N=C2O[C@@]1(C)[C@H](O)[C@H]2C. The Bertz CT molecular complexity index is 2800. The fourth-order valence-electron chi connectivity index (χ4n) is 17.3. The van der Waals surface area contributed by atoms with Crippen LogP contribution in [0.1, 0.15) is 190 Å². The van der Waals surface area contributed by atoms with E-state index in [1.165, 1.54) is 21.1 Å². The molecule has 102 heavy (non-hydrogen) atoms. The van der Waals surface area contributed by atoms with Gasteiger partial charge in [-0.1, -0.05) is 41.5 Å². The molecule has 8 N–H and O–H groups in total. The molecule has 8 aliphatic rings. The Labute approximate surface area is 606 Å². The molecule has 0 aromatic heterocycles. The fourth-order valence-corrected chi connectivity index (χ4v) is 17.3. The van der Waals surface area contributed by atoms with E-state index >= 15 is 0 Å². The molecule has 0 radical (unpaired) electrons. The summed E-state index contributed by atoms with van der Waals surface area (Å²) in [7, 11) is 10.6. The van der Waals surface area contributed by atoms with Crippen LogP contribution < -0.4 is 0 Å². The number of fused-ring (bicyclic) bond motifs is 4. The number of methoxy groups -OCH3 is 2. The van der Waals surface area contributed by atoms with E-state index in [0.717, 1.165) is 0 Å². The first-order valence-electron chi connectivity index (χ1n) is 37.3. The van der Waals surface area contributed by atoms with Crippen LogP contribution >= 0.6 is 0 Å². The van der Waals surface area contributed by atoms with Crippen LogP contribution in [0.3, 0.4) is 0 Å². The average Bonchev–Trinajstić information content (AvgIpc) is 1.35. The molecule has 0 saturated carbocycles. The summed E-state index contributed by atoms with van der Waals surface area (Å²) in [5.41, 5.74) is -7.90. The predicted octanol–water partition coefficient (Wildman–Crippen LogP) is 4.81. The van der Waals surface area contributed by atoms with Gasteiger partial charge in [0, 0.05) is 63.8 Å². The molecule has 0 spiro atoms. The summed E-state index contributed by atoms with van der Waals surface area (Å²) >= 11 is 0. The standard InChI is InChI=1S/2C37H66N2O12/c1-14-25-37(10,44)29(41)22(6)32-38-18(2)16-36(9,51-32)31(50-34-27(40)24(39(11)12)15-19(3)46-34)20(4)28(21(5)33(43)48-25)49-26-17-35(8,45-13)30(42)23(7)47-26;1-14-25-37(10)29(41)22(6)32(51-37)38-18(2)16-35(8,44)31(50-34-27(40)24(39(11)12)15-19(3)46-34)20(4)28(21(5)33(43)48-25)49-26-17-36(9,45-13)30(42)23(7)47-26/h2*18-31,34,40-42,44H,14-17H2,1-13H3/t2*18-,19-,20+,21-,22-,23+,24+,25-,26+,27-,28+,29-,30+,31-,34+,35-,36-,37-/m11/s1. The third-order valence-electron chi connectivity index (χ3n) is 23.8. The van der Waals surface area contributed by atoms with Crippen molar-refractivity contribution < 1.29 is 117 Å². The lowest BCUT2D eigenvalue weighted by Crippen LogP contribution is -2.62. The minimum Gasteiger partial charge on any atom is -0.472 e. The van der Waals surface area contributed by atoms with E-state index in [9.17, 15) is 50.4 Å². The zero-order chi connectivity index (χ0) is 76.8. The molecule has 6 fully saturated rings. The first kappa shape index (κ1) is 86.3. The number of carbonyl (C=O) groups is 2. The number of hydrogen-bond acceptors (Lipinski definition) is 28. The molecule has 6 saturated heterocycles. The van der Waals surface area contributed by atoms with Crippen molar-refractivity contribution in [1.29, 1.82) is 0 Å². The highest BCUT2D eigenvalue weighted by molar-refractivity contribution is 5.83. The molecular formula is C74H132N4O24. The summed E-state index contributed by atoms with van der Waals surface area (Å²) in [4.78, 5) is 41.9. The van der Waals surface area contributed by atoms with E-state index in [0.29, 0.717) is 31.6 Å². The largest absolute Gasteiger partial charge is 0.472 e. The van der Waals surface area contributed by atoms with E-state index in [-0.39, 0.29) is 61.9 Å². The average molecular weight is 1460 g/mol. The molecule has 4 bridgehead atoms. The van der Waals surface area contributed by atoms with Crippen molar-refractivity contribution >= 4 is 23.7 Å². The molecule has 592 valence electrons. The third-order valence-corrected chi connectivity index (χ3v) is 23.8. The maximum Gasteiger partial charge on any atom is 0.311 e. The van der Waals surface area contributed by atoms with Crippen molar-refractivity contribution in [2.75, 3.05) is 42.4 Å². The Morgan fingerprint density at radius 2 is 0.882 bits per heavy atom. The molecule has 0 amide bonds. The van der Waals surface area contributed by atoms with E-state index < -0.39 is 198 Å². The van der Waals surface area contributed by atoms with Gasteiger partial charge < -0.3 is 117 Å². The van der Waals surface area contributed by atoms with E-state index in [2.05, 4.69) is 0 Å². The number of aliphatic hydroxyl groups is 8. The maximum absolute atomic E-state index is 14.2. The Balaban J connectivity index is 0.000000286. The molecule has 8 rings (SSSR count). The number of aliphatic hydroxyl groups excluding tert-OH is 6. The second kappa shape index (κ2) is 33.9. The van der Waals surface area contributed by atoms with Crippen LogP contribution in [0.2, 0.25) is 0 Å². The van der Waals surface area contributed by atoms with Gasteiger partial charge in [0.2, 0.25) is 0 Å². The Morgan fingerprint density at radius 1 is 0.490 bits per heavy atom. The third kappa shape index (κ3) is 18.3. The van der Waals surface area contributed by atoms with Crippen molar-refractivity contribution in [1.82, 2.24) is 9.80 Å². The number of hydrogen-bond donors (Lipinski definition) is 8. The molecule has 28 heteroatoms. The van der Waals surface area contributed by atoms with Gasteiger partial charge in [-0.2, -0.15) is 0 Å². The van der Waals surface area contributed by atoms with Crippen LogP contribution in [0.4, 0.5) is 0 Å². The molecule has 8 aliphatic heterocycles. The van der Waals surface area contributed by atoms with Crippen LogP contribution in [0.25, 0.3) is 0 Å². The van der Waals surface area contributed by atoms with Gasteiger partial charge in [0.15, 0.2) is 42.6 Å². The Hall–Kier alpha value is -2.92. The summed E-state index contributed by atoms with van der Waals surface area (Å²) in [6, 6.07) is -1.30. The lowest BCUT2D eigenvalue weighted by Gasteiger charge is -2.50. The highest BCUT2D eigenvalue weighted by Crippen LogP contribution is 2.46. The zero-order valence-electron chi connectivity index (χ0n) is 65.9. The molecule has 36 atom stereocenters. The number of likely N-dealkylation sites (N-methyl/N-ethyl adjacent to an activating group) is 2. The predicted molar refractivity (Wildman–Crippen MR) is 376 cm³/mol. The first-order valence-corrected chi connectivity index (χ1v) is 37.3. The smallest absolute Gasteiger partial charge is 0.311 e. The molecule has 28 nitrogen and oxygen atoms in total. The zero-order valence-corrected chi connectivity index (χ0v) is 65.9. The van der Waals surface area contributed by atoms with Crippen molar-refractivity contribution in [2.24, 2.45) is 45.5 Å². The molecule has 0 aromatic rings. The molecule has 0 aromatic carbocycles. The maximum atomic E-state index is 14.2. The second-order valence-electron chi connectivity index (χ2n) is 33.1. The number of ether oxygens (including phenoxy) is 14. The van der Waals surface area contributed by atoms with Crippen LogP contribution in [-0.4, -0.2) is 297 Å². The van der Waals surface area contributed by atoms with Gasteiger partial charge in [-0.15, -0.1) is 0 Å². The lowest BCUT2D eigenvalue weighted by atomic mass is 9.78. The van der Waals surface area contributed by atoms with Crippen LogP contribution in [0.15, 0.2) is 9.98 Å². The summed E-state index contributed by atoms with van der Waals surface area (Å²) in [6.45, 7) is 35.6. The van der Waals surface area contributed by atoms with Gasteiger partial charge in [0.25, 0.3) is 0 Å². The highest BCUT2D eigenvalue weighted by atomic mass is 16.7. The molecule has 0 unspecified atom stereocenters. The van der Waals surface area contributed by atoms with Gasteiger partial charge in [-0.25, -0.2) is 0 Å². The lowest BCUT2D eigenvalue weighted by molar-refractivity contribution is -0.317. The van der Waals surface area contributed by atoms with Crippen molar-refractivity contribution in [3.05, 3.63) is 0 Å². The topological polar surface area (TPSA) is 356 Å². The Morgan fingerprint density at radius 3 is 1.30 bits per heavy atom. The number of cyclic esters (lactones) is 2. The van der Waals surface area contributed by atoms with Crippen molar-refractivity contribution in [3.8, 4) is 0 Å². The summed E-state index contributed by atoms with van der Waals surface area (Å²) < 4.78 is 88.6. The van der Waals surface area contributed by atoms with E-state index in [1.807, 2.05) is 100 Å². The van der Waals surface area contributed by atoms with Gasteiger partial charge in [0.05, 0.1) is 101 Å². The summed E-state index contributed by atoms with van der Waals surface area (Å²) in [5.74, 6) is -5.26. The van der Waals surface area contributed by atoms with Crippen LogP contribution in [-0.2, 0) is 75.9 Å². The van der Waals surface area contributed by atoms with Crippen LogP contribution in [0.5, 0.6) is 0 Å². The van der Waals surface area contributed by atoms with Gasteiger partial charge in [-0.05, 0) is 151 Å². The minimum atomic E-state index is -1.87. The monoisotopic (exact) mass is 1460 g/mol. The normalized spacial score (nSPS) is 50.3. The van der Waals surface area contributed by atoms with Gasteiger partial charge in [0.1, 0.15) is 60.0 Å². The van der Waals surface area contributed by atoms with E-state index in [4.69, 9.17) is 76.3 Å². The van der Waals surface area contributed by atoms with Crippen molar-refractivity contribution in [2.45, 2.75) is 370 Å². The number of carbonyl (C=O) groups excluding carboxylic acids is 2. The Kier molecular flexibility index (Phi) is 28.7.